The van der Waals surface area contributed by atoms with Gasteiger partial charge in [0, 0.05) is 23.1 Å². The van der Waals surface area contributed by atoms with Gasteiger partial charge in [-0.2, -0.15) is 0 Å². The maximum atomic E-state index is 11.7. The predicted molar refractivity (Wildman–Crippen MR) is 72.7 cm³/mol. The van der Waals surface area contributed by atoms with Gasteiger partial charge in [0.1, 0.15) is 5.25 Å². The fourth-order valence-corrected chi connectivity index (χ4v) is 2.36. The van der Waals surface area contributed by atoms with Crippen molar-refractivity contribution in [3.63, 3.8) is 0 Å². The van der Waals surface area contributed by atoms with Crippen LogP contribution in [0.1, 0.15) is 12.5 Å². The van der Waals surface area contributed by atoms with Gasteiger partial charge in [-0.3, -0.25) is 9.00 Å². The number of nitrogens with one attached hydrogen (secondary N) is 1. The molecule has 0 saturated carbocycles. The smallest absolute Gasteiger partial charge is 0.235 e. The molecular formula is C13H19NO3S. The molecule has 0 aromatic heterocycles. The number of hydrogen-bond acceptors (Lipinski definition) is 3. The van der Waals surface area contributed by atoms with Crippen LogP contribution in [0.3, 0.4) is 0 Å². The molecule has 100 valence electrons. The van der Waals surface area contributed by atoms with Crippen molar-refractivity contribution in [3.05, 3.63) is 35.9 Å². The molecule has 0 bridgehead atoms. The molecule has 5 heteroatoms. The maximum Gasteiger partial charge on any atom is 0.235 e. The number of aliphatic hydroxyl groups excluding tert-OH is 1. The number of hydrogen-bond donors (Lipinski definition) is 2. The van der Waals surface area contributed by atoms with E-state index in [0.717, 1.165) is 12.0 Å². The summed E-state index contributed by atoms with van der Waals surface area (Å²) in [5.74, 6) is -0.0782. The average Bonchev–Trinajstić information content (AvgIpc) is 2.39. The highest BCUT2D eigenvalue weighted by atomic mass is 32.2. The Bertz CT molecular complexity index is 394. The van der Waals surface area contributed by atoms with Gasteiger partial charge in [-0.15, -0.1) is 0 Å². The van der Waals surface area contributed by atoms with Crippen LogP contribution in [0.4, 0.5) is 0 Å². The summed E-state index contributed by atoms with van der Waals surface area (Å²) in [4.78, 5) is 11.7. The minimum Gasteiger partial charge on any atom is -0.395 e. The van der Waals surface area contributed by atoms with E-state index in [9.17, 15) is 9.00 Å². The normalized spacial score (nSPS) is 13.9. The van der Waals surface area contributed by atoms with E-state index in [4.69, 9.17) is 5.11 Å². The molecule has 0 spiro atoms. The molecule has 1 aromatic rings. The van der Waals surface area contributed by atoms with Gasteiger partial charge in [0.05, 0.1) is 6.61 Å². The summed E-state index contributed by atoms with van der Waals surface area (Å²) < 4.78 is 11.5. The molecule has 2 N–H and O–H groups in total. The van der Waals surface area contributed by atoms with E-state index in [2.05, 4.69) is 5.32 Å². The van der Waals surface area contributed by atoms with Crippen LogP contribution < -0.4 is 5.32 Å². The molecule has 0 aliphatic rings. The average molecular weight is 269 g/mol. The van der Waals surface area contributed by atoms with Crippen molar-refractivity contribution < 1.29 is 14.1 Å². The fraction of sp³-hybridized carbons (Fsp3) is 0.462. The third kappa shape index (κ3) is 4.98. The first kappa shape index (κ1) is 14.9. The van der Waals surface area contributed by atoms with Crippen LogP contribution >= 0.6 is 0 Å². The highest BCUT2D eigenvalue weighted by Crippen LogP contribution is 1.99. The van der Waals surface area contributed by atoms with Crippen molar-refractivity contribution in [1.82, 2.24) is 5.32 Å². The summed E-state index contributed by atoms with van der Waals surface area (Å²) in [7, 11) is -1.30. The Balaban J connectivity index is 2.31. The predicted octanol–water partition coefficient (Wildman–Crippen LogP) is 0.475. The number of benzene rings is 1. The SMILES string of the molecule is CC(C(=O)NCCc1ccccc1)S(=O)CCO. The molecule has 4 nitrogen and oxygen atoms in total. The Morgan fingerprint density at radius 2 is 2.06 bits per heavy atom. The van der Waals surface area contributed by atoms with Crippen molar-refractivity contribution in [2.45, 2.75) is 18.6 Å². The molecule has 0 saturated heterocycles. The molecule has 2 atom stereocenters. The summed E-state index contributed by atoms with van der Waals surface area (Å²) in [6.45, 7) is 1.99. The lowest BCUT2D eigenvalue weighted by Gasteiger charge is -2.11. The lowest BCUT2D eigenvalue weighted by molar-refractivity contribution is -0.120. The number of rotatable bonds is 7. The van der Waals surface area contributed by atoms with Crippen LogP contribution in [0, 0.1) is 0 Å². The summed E-state index contributed by atoms with van der Waals surface area (Å²) in [6, 6.07) is 9.85. The van der Waals surface area contributed by atoms with Gasteiger partial charge >= 0.3 is 0 Å². The van der Waals surface area contributed by atoms with Crippen LogP contribution in [0.25, 0.3) is 0 Å². The summed E-state index contributed by atoms with van der Waals surface area (Å²) >= 11 is 0. The Morgan fingerprint density at radius 3 is 2.67 bits per heavy atom. The van der Waals surface area contributed by atoms with Crippen molar-refractivity contribution in [2.24, 2.45) is 0 Å². The van der Waals surface area contributed by atoms with Crippen molar-refractivity contribution in [2.75, 3.05) is 18.9 Å². The maximum absolute atomic E-state index is 11.7. The van der Waals surface area contributed by atoms with Crippen LogP contribution in [0.5, 0.6) is 0 Å². The highest BCUT2D eigenvalue weighted by Gasteiger charge is 2.18. The largest absolute Gasteiger partial charge is 0.395 e. The molecule has 1 amide bonds. The van der Waals surface area contributed by atoms with Crippen molar-refractivity contribution in [3.8, 4) is 0 Å². The minimum atomic E-state index is -1.30. The standard InChI is InChI=1S/C13H19NO3S/c1-11(18(17)10-9-15)13(16)14-8-7-12-5-3-2-4-6-12/h2-6,11,15H,7-10H2,1H3,(H,14,16). The summed E-state index contributed by atoms with van der Waals surface area (Å²) in [5.41, 5.74) is 1.15. The van der Waals surface area contributed by atoms with Crippen LogP contribution in [0.2, 0.25) is 0 Å². The zero-order valence-corrected chi connectivity index (χ0v) is 11.3. The zero-order chi connectivity index (χ0) is 13.4. The second kappa shape index (κ2) is 8.00. The third-order valence-corrected chi connectivity index (χ3v) is 4.20. The van der Waals surface area contributed by atoms with Gasteiger partial charge in [0.15, 0.2) is 0 Å². The summed E-state index contributed by atoms with van der Waals surface area (Å²) in [6.07, 6.45) is 0.756. The molecule has 2 unspecified atom stereocenters. The zero-order valence-electron chi connectivity index (χ0n) is 10.5. The molecular weight excluding hydrogens is 250 g/mol. The first-order valence-electron chi connectivity index (χ1n) is 5.95. The van der Waals surface area contributed by atoms with E-state index in [0.29, 0.717) is 6.54 Å². The van der Waals surface area contributed by atoms with Gasteiger partial charge in [0.25, 0.3) is 0 Å². The fourth-order valence-electron chi connectivity index (χ4n) is 1.50. The molecule has 0 heterocycles. The minimum absolute atomic E-state index is 0.146. The first-order chi connectivity index (χ1) is 8.65. The van der Waals surface area contributed by atoms with Gasteiger partial charge in [-0.1, -0.05) is 30.3 Å². The van der Waals surface area contributed by atoms with Crippen LogP contribution in [-0.2, 0) is 22.0 Å². The second-order valence-corrected chi connectivity index (χ2v) is 5.85. The third-order valence-electron chi connectivity index (χ3n) is 2.61. The molecule has 1 aromatic carbocycles. The molecule has 0 fully saturated rings. The number of carbonyl (C=O) groups excluding carboxylic acids is 1. The molecule has 1 rings (SSSR count). The van der Waals surface area contributed by atoms with E-state index >= 15 is 0 Å². The Morgan fingerprint density at radius 1 is 1.39 bits per heavy atom. The van der Waals surface area contributed by atoms with Crippen LogP contribution in [0.15, 0.2) is 30.3 Å². The lowest BCUT2D eigenvalue weighted by atomic mass is 10.1. The Hall–Kier alpha value is -1.20. The van der Waals surface area contributed by atoms with Crippen molar-refractivity contribution in [1.29, 1.82) is 0 Å². The van der Waals surface area contributed by atoms with Gasteiger partial charge in [-0.05, 0) is 18.9 Å². The topological polar surface area (TPSA) is 66.4 Å². The van der Waals surface area contributed by atoms with E-state index in [1.54, 1.807) is 6.92 Å². The molecule has 0 aliphatic heterocycles. The Kier molecular flexibility index (Phi) is 6.60. The molecule has 0 aliphatic carbocycles. The first-order valence-corrected chi connectivity index (χ1v) is 7.33. The van der Waals surface area contributed by atoms with Gasteiger partial charge in [0.2, 0.25) is 5.91 Å². The number of aliphatic hydroxyl groups is 1. The summed E-state index contributed by atoms with van der Waals surface area (Å²) in [5, 5.41) is 10.8. The van der Waals surface area contributed by atoms with E-state index < -0.39 is 16.0 Å². The molecule has 18 heavy (non-hydrogen) atoms. The number of amides is 1. The van der Waals surface area contributed by atoms with Crippen molar-refractivity contribution >= 4 is 16.7 Å². The van der Waals surface area contributed by atoms with Gasteiger partial charge in [-0.25, -0.2) is 0 Å². The quantitative estimate of drug-likeness (QED) is 0.756. The monoisotopic (exact) mass is 269 g/mol. The van der Waals surface area contributed by atoms with E-state index in [-0.39, 0.29) is 18.3 Å². The molecule has 0 radical (unpaired) electrons. The second-order valence-electron chi connectivity index (χ2n) is 3.98. The highest BCUT2D eigenvalue weighted by molar-refractivity contribution is 7.86. The van der Waals surface area contributed by atoms with Gasteiger partial charge < -0.3 is 10.4 Å². The van der Waals surface area contributed by atoms with E-state index in [1.807, 2.05) is 30.3 Å². The van der Waals surface area contributed by atoms with E-state index in [1.165, 1.54) is 0 Å². The van der Waals surface area contributed by atoms with Crippen LogP contribution in [-0.4, -0.2) is 39.4 Å². The Labute approximate surface area is 110 Å². The lowest BCUT2D eigenvalue weighted by Crippen LogP contribution is -2.37. The number of carbonyl (C=O) groups is 1.